The Kier molecular flexibility index (Phi) is 10.8. The van der Waals surface area contributed by atoms with Crippen LogP contribution in [0.25, 0.3) is 0 Å². The number of benzene rings is 7. The third-order valence-electron chi connectivity index (χ3n) is 8.91. The van der Waals surface area contributed by atoms with E-state index < -0.39 is 31.2 Å². The van der Waals surface area contributed by atoms with Gasteiger partial charge in [-0.2, -0.15) is 10.5 Å². The van der Waals surface area contributed by atoms with Gasteiger partial charge in [-0.3, -0.25) is 9.59 Å². The standard InChI is InChI=1S/C46H28N2O8S2/c47-29-31-14-18-33(19-15-31)45(49)35-22-24-43(41(26-35)55-37-8-3-1-4-9-37)57(51,52)39-12-7-13-40(28-39)58(53,54)44-25-23-36(27-42(44)56-38-10-5-2-6-11-38)46(50)34-20-16-32(30-48)17-21-34/h1-28H. The number of sulfone groups is 2. The number of nitriles is 2. The van der Waals surface area contributed by atoms with Gasteiger partial charge in [-0.15, -0.1) is 0 Å². The van der Waals surface area contributed by atoms with Crippen molar-refractivity contribution in [2.75, 3.05) is 0 Å². The van der Waals surface area contributed by atoms with Crippen LogP contribution in [-0.2, 0) is 19.7 Å². The minimum Gasteiger partial charge on any atom is -0.456 e. The number of hydrogen-bond donors (Lipinski definition) is 0. The van der Waals surface area contributed by atoms with Crippen molar-refractivity contribution in [3.63, 3.8) is 0 Å². The number of hydrogen-bond acceptors (Lipinski definition) is 10. The molecule has 0 unspecified atom stereocenters. The Morgan fingerprint density at radius 2 is 0.776 bits per heavy atom. The molecule has 58 heavy (non-hydrogen) atoms. The van der Waals surface area contributed by atoms with Gasteiger partial charge in [0.25, 0.3) is 0 Å². The highest BCUT2D eigenvalue weighted by molar-refractivity contribution is 7.92. The zero-order valence-electron chi connectivity index (χ0n) is 30.1. The summed E-state index contributed by atoms with van der Waals surface area (Å²) >= 11 is 0. The first kappa shape index (κ1) is 38.6. The molecule has 12 heteroatoms. The van der Waals surface area contributed by atoms with E-state index >= 15 is 0 Å². The summed E-state index contributed by atoms with van der Waals surface area (Å²) in [7, 11) is -9.03. The Bertz CT molecular complexity index is 2810. The molecule has 0 spiro atoms. The molecular weight excluding hydrogens is 773 g/mol. The second-order valence-electron chi connectivity index (χ2n) is 12.7. The molecule has 0 atom stereocenters. The summed E-state index contributed by atoms with van der Waals surface area (Å²) in [6.45, 7) is 0. The van der Waals surface area contributed by atoms with Gasteiger partial charge in [0.1, 0.15) is 32.8 Å². The summed E-state index contributed by atoms with van der Waals surface area (Å²) < 4.78 is 69.7. The second kappa shape index (κ2) is 16.2. The van der Waals surface area contributed by atoms with Crippen molar-refractivity contribution < 1.29 is 35.9 Å². The number of carbonyl (C=O) groups excluding carboxylic acids is 2. The number of carbonyl (C=O) groups is 2. The molecule has 0 aliphatic rings. The molecule has 10 nitrogen and oxygen atoms in total. The highest BCUT2D eigenvalue weighted by Crippen LogP contribution is 2.38. The van der Waals surface area contributed by atoms with Crippen molar-refractivity contribution in [3.05, 3.63) is 203 Å². The van der Waals surface area contributed by atoms with Crippen LogP contribution >= 0.6 is 0 Å². The molecule has 0 radical (unpaired) electrons. The Labute approximate surface area is 334 Å². The average Bonchev–Trinajstić information content (AvgIpc) is 3.26. The largest absolute Gasteiger partial charge is 0.456 e. The molecule has 0 aliphatic carbocycles. The fourth-order valence-corrected chi connectivity index (χ4v) is 8.81. The van der Waals surface area contributed by atoms with Crippen LogP contribution in [0, 0.1) is 22.7 Å². The number of para-hydroxylation sites is 2. The zero-order chi connectivity index (χ0) is 40.9. The molecule has 0 aliphatic heterocycles. The van der Waals surface area contributed by atoms with Crippen molar-refractivity contribution in [2.45, 2.75) is 19.6 Å². The van der Waals surface area contributed by atoms with Gasteiger partial charge in [0.2, 0.25) is 19.7 Å². The van der Waals surface area contributed by atoms with Crippen molar-refractivity contribution in [1.82, 2.24) is 0 Å². The molecule has 0 aromatic heterocycles. The molecule has 0 N–H and O–H groups in total. The lowest BCUT2D eigenvalue weighted by Crippen LogP contribution is -2.10. The summed E-state index contributed by atoms with van der Waals surface area (Å²) in [5.41, 5.74) is 1.47. The van der Waals surface area contributed by atoms with Gasteiger partial charge in [-0.25, -0.2) is 16.8 Å². The first-order chi connectivity index (χ1) is 28.0. The van der Waals surface area contributed by atoms with E-state index in [2.05, 4.69) is 0 Å². The van der Waals surface area contributed by atoms with E-state index in [4.69, 9.17) is 20.0 Å². The fraction of sp³-hybridized carbons (Fsp3) is 0. The predicted octanol–water partition coefficient (Wildman–Crippen LogP) is 9.14. The number of ether oxygens (including phenoxy) is 2. The van der Waals surface area contributed by atoms with E-state index in [-0.39, 0.29) is 64.8 Å². The van der Waals surface area contributed by atoms with Gasteiger partial charge < -0.3 is 9.47 Å². The molecule has 0 saturated heterocycles. The number of nitrogens with zero attached hydrogens (tertiary/aromatic N) is 2. The first-order valence-electron chi connectivity index (χ1n) is 17.4. The maximum absolute atomic E-state index is 14.4. The topological polar surface area (TPSA) is 168 Å². The average molecular weight is 801 g/mol. The molecule has 0 amide bonds. The normalized spacial score (nSPS) is 11.1. The molecule has 7 aromatic carbocycles. The molecule has 0 fully saturated rings. The van der Waals surface area contributed by atoms with Gasteiger partial charge >= 0.3 is 0 Å². The summed E-state index contributed by atoms with van der Waals surface area (Å²) in [4.78, 5) is 25.5. The van der Waals surface area contributed by atoms with Gasteiger partial charge in [-0.1, -0.05) is 42.5 Å². The van der Waals surface area contributed by atoms with Crippen molar-refractivity contribution >= 4 is 31.2 Å². The minimum atomic E-state index is -4.52. The predicted molar refractivity (Wildman–Crippen MR) is 212 cm³/mol. The van der Waals surface area contributed by atoms with Crippen molar-refractivity contribution in [3.8, 4) is 35.1 Å². The summed E-state index contributed by atoms with van der Waals surface area (Å²) in [6.07, 6.45) is 0. The quantitative estimate of drug-likeness (QED) is 0.109. The molecule has 0 saturated carbocycles. The second-order valence-corrected chi connectivity index (χ2v) is 16.5. The van der Waals surface area contributed by atoms with Crippen LogP contribution in [0.3, 0.4) is 0 Å². The summed E-state index contributed by atoms with van der Waals surface area (Å²) in [5, 5.41) is 18.3. The van der Waals surface area contributed by atoms with Crippen LogP contribution in [0.2, 0.25) is 0 Å². The third-order valence-corrected chi connectivity index (χ3v) is 12.5. The smallest absolute Gasteiger partial charge is 0.210 e. The van der Waals surface area contributed by atoms with Gasteiger partial charge in [0, 0.05) is 22.3 Å². The van der Waals surface area contributed by atoms with Crippen LogP contribution in [0.5, 0.6) is 23.0 Å². The van der Waals surface area contributed by atoms with E-state index in [9.17, 15) is 26.4 Å². The van der Waals surface area contributed by atoms with Crippen LogP contribution in [0.15, 0.2) is 189 Å². The van der Waals surface area contributed by atoms with E-state index in [1.807, 2.05) is 12.1 Å². The molecule has 0 heterocycles. The molecule has 282 valence electrons. The Morgan fingerprint density at radius 3 is 1.14 bits per heavy atom. The summed E-state index contributed by atoms with van der Waals surface area (Å²) in [5.74, 6) is -0.689. The van der Waals surface area contributed by atoms with Gasteiger partial charge in [0.05, 0.1) is 33.1 Å². The lowest BCUT2D eigenvalue weighted by Gasteiger charge is -2.15. The SMILES string of the molecule is N#Cc1ccc(C(=O)c2ccc(S(=O)(=O)c3cccc(S(=O)(=O)c4ccc(C(=O)c5ccc(C#N)cc5)cc4Oc4ccccc4)c3)c(Oc3ccccc3)c2)cc1. The highest BCUT2D eigenvalue weighted by Gasteiger charge is 2.29. The van der Waals surface area contributed by atoms with E-state index in [1.165, 1.54) is 103 Å². The van der Waals surface area contributed by atoms with Crippen molar-refractivity contribution in [2.24, 2.45) is 0 Å². The Morgan fingerprint density at radius 1 is 0.414 bits per heavy atom. The lowest BCUT2D eigenvalue weighted by atomic mass is 10.0. The first-order valence-corrected chi connectivity index (χ1v) is 20.4. The third kappa shape index (κ3) is 8.01. The van der Waals surface area contributed by atoms with Gasteiger partial charge in [0.15, 0.2) is 11.6 Å². The van der Waals surface area contributed by atoms with E-state index in [0.717, 1.165) is 6.07 Å². The fourth-order valence-electron chi connectivity index (χ4n) is 5.92. The minimum absolute atomic E-state index is 0.109. The monoisotopic (exact) mass is 800 g/mol. The Balaban J connectivity index is 1.28. The van der Waals surface area contributed by atoms with Crippen LogP contribution in [0.1, 0.15) is 43.0 Å². The number of rotatable bonds is 12. The zero-order valence-corrected chi connectivity index (χ0v) is 31.8. The maximum atomic E-state index is 14.4. The number of ketones is 2. The molecular formula is C46H28N2O8S2. The van der Waals surface area contributed by atoms with E-state index in [0.29, 0.717) is 11.1 Å². The summed E-state index contributed by atoms with van der Waals surface area (Å²) in [6, 6.07) is 45.2. The van der Waals surface area contributed by atoms with Crippen LogP contribution < -0.4 is 9.47 Å². The Hall–Kier alpha value is -7.64. The lowest BCUT2D eigenvalue weighted by molar-refractivity contribution is 0.103. The maximum Gasteiger partial charge on any atom is 0.210 e. The van der Waals surface area contributed by atoms with Gasteiger partial charge in [-0.05, 0) is 127 Å². The molecule has 7 aromatic rings. The molecule has 0 bridgehead atoms. The highest BCUT2D eigenvalue weighted by atomic mass is 32.2. The van der Waals surface area contributed by atoms with Crippen LogP contribution in [-0.4, -0.2) is 28.4 Å². The van der Waals surface area contributed by atoms with Crippen molar-refractivity contribution in [1.29, 1.82) is 10.5 Å². The van der Waals surface area contributed by atoms with E-state index in [1.54, 1.807) is 60.7 Å². The van der Waals surface area contributed by atoms with Crippen LogP contribution in [0.4, 0.5) is 0 Å². The molecule has 7 rings (SSSR count).